The monoisotopic (exact) mass is 205 g/mol. The molecule has 1 nitrogen and oxygen atoms in total. The zero-order valence-corrected chi connectivity index (χ0v) is 10.5. The van der Waals surface area contributed by atoms with Gasteiger partial charge in [0.25, 0.3) is 0 Å². The van der Waals surface area contributed by atoms with Crippen molar-refractivity contribution in [2.45, 2.75) is 26.6 Å². The van der Waals surface area contributed by atoms with E-state index in [0.717, 1.165) is 11.9 Å². The van der Waals surface area contributed by atoms with E-state index in [2.05, 4.69) is 55.8 Å². The molecule has 1 rings (SSSR count). The van der Waals surface area contributed by atoms with Gasteiger partial charge in [0.15, 0.2) is 0 Å². The average molecular weight is 205 g/mol. The van der Waals surface area contributed by atoms with Crippen LogP contribution in [0.3, 0.4) is 0 Å². The largest absolute Gasteiger partial charge is 0.293 e. The van der Waals surface area contributed by atoms with Crippen LogP contribution in [-0.2, 0) is 0 Å². The van der Waals surface area contributed by atoms with Crippen molar-refractivity contribution in [3.05, 3.63) is 35.9 Å². The van der Waals surface area contributed by atoms with Gasteiger partial charge in [-0.25, -0.2) is 0 Å². The maximum absolute atomic E-state index is 4.64. The van der Waals surface area contributed by atoms with Crippen LogP contribution in [0.1, 0.15) is 12.5 Å². The molecule has 0 aromatic heterocycles. The lowest BCUT2D eigenvalue weighted by Crippen LogP contribution is -2.25. The SMILES string of the molecule is C/C(=N\C[Si](C)(C)C)c1ccccc1. The summed E-state index contributed by atoms with van der Waals surface area (Å²) < 4.78 is 0. The summed E-state index contributed by atoms with van der Waals surface area (Å²) in [6.07, 6.45) is 1.02. The summed E-state index contributed by atoms with van der Waals surface area (Å²) in [4.78, 5) is 4.64. The van der Waals surface area contributed by atoms with Gasteiger partial charge in [-0.15, -0.1) is 0 Å². The van der Waals surface area contributed by atoms with Crippen LogP contribution in [0.25, 0.3) is 0 Å². The molecule has 0 amide bonds. The molecule has 0 spiro atoms. The molecule has 0 unspecified atom stereocenters. The van der Waals surface area contributed by atoms with Crippen molar-refractivity contribution in [3.8, 4) is 0 Å². The van der Waals surface area contributed by atoms with Crippen molar-refractivity contribution < 1.29 is 0 Å². The number of nitrogens with zero attached hydrogens (tertiary/aromatic N) is 1. The van der Waals surface area contributed by atoms with E-state index >= 15 is 0 Å². The molecule has 0 atom stereocenters. The molecule has 0 aliphatic carbocycles. The first-order chi connectivity index (χ1) is 6.49. The Hall–Kier alpha value is -0.893. The van der Waals surface area contributed by atoms with Crippen molar-refractivity contribution in [1.29, 1.82) is 0 Å². The summed E-state index contributed by atoms with van der Waals surface area (Å²) in [7, 11) is -1.04. The van der Waals surface area contributed by atoms with Gasteiger partial charge in [-0.2, -0.15) is 0 Å². The van der Waals surface area contributed by atoms with Crippen molar-refractivity contribution in [1.82, 2.24) is 0 Å². The van der Waals surface area contributed by atoms with Crippen LogP contribution in [-0.4, -0.2) is 20.0 Å². The van der Waals surface area contributed by atoms with Crippen LogP contribution in [0.2, 0.25) is 19.6 Å². The van der Waals surface area contributed by atoms with Gasteiger partial charge in [0, 0.05) is 11.9 Å². The third-order valence-corrected chi connectivity index (χ3v) is 3.09. The van der Waals surface area contributed by atoms with E-state index < -0.39 is 8.07 Å². The van der Waals surface area contributed by atoms with Crippen molar-refractivity contribution in [2.75, 3.05) is 6.17 Å². The lowest BCUT2D eigenvalue weighted by molar-refractivity contribution is 1.27. The number of aliphatic imine (C=N–C) groups is 1. The minimum absolute atomic E-state index is 1.02. The first-order valence-corrected chi connectivity index (χ1v) is 8.76. The zero-order valence-electron chi connectivity index (χ0n) is 9.54. The quantitative estimate of drug-likeness (QED) is 0.530. The number of hydrogen-bond acceptors (Lipinski definition) is 1. The fraction of sp³-hybridized carbons (Fsp3) is 0.417. The molecule has 0 fully saturated rings. The first-order valence-electron chi connectivity index (χ1n) is 5.05. The maximum Gasteiger partial charge on any atom is 0.0692 e. The number of rotatable bonds is 3. The van der Waals surface area contributed by atoms with E-state index in [1.165, 1.54) is 5.56 Å². The Morgan fingerprint density at radius 2 is 1.71 bits per heavy atom. The van der Waals surface area contributed by atoms with Gasteiger partial charge in [0.05, 0.1) is 8.07 Å². The lowest BCUT2D eigenvalue weighted by atomic mass is 10.1. The van der Waals surface area contributed by atoms with E-state index in [1.807, 2.05) is 6.07 Å². The maximum atomic E-state index is 4.64. The second kappa shape index (κ2) is 4.56. The summed E-state index contributed by atoms with van der Waals surface area (Å²) in [5, 5.41) is 0. The first kappa shape index (κ1) is 11.2. The predicted octanol–water partition coefficient (Wildman–Crippen LogP) is 3.37. The van der Waals surface area contributed by atoms with E-state index in [4.69, 9.17) is 0 Å². The van der Waals surface area contributed by atoms with E-state index in [-0.39, 0.29) is 0 Å². The summed E-state index contributed by atoms with van der Waals surface area (Å²) in [6, 6.07) is 10.4. The summed E-state index contributed by atoms with van der Waals surface area (Å²) in [6.45, 7) is 9.12. The van der Waals surface area contributed by atoms with E-state index in [0.29, 0.717) is 0 Å². The number of hydrogen-bond donors (Lipinski definition) is 0. The average Bonchev–Trinajstić information content (AvgIpc) is 2.14. The van der Waals surface area contributed by atoms with Gasteiger partial charge >= 0.3 is 0 Å². The summed E-state index contributed by atoms with van der Waals surface area (Å²) in [5.41, 5.74) is 2.40. The Morgan fingerprint density at radius 1 is 1.14 bits per heavy atom. The standard InChI is InChI=1S/C12H19NSi/c1-11(13-10-14(2,3)4)12-8-6-5-7-9-12/h5-9H,10H2,1-4H3/b13-11+. The lowest BCUT2D eigenvalue weighted by Gasteiger charge is -2.12. The fourth-order valence-corrected chi connectivity index (χ4v) is 1.84. The second-order valence-electron chi connectivity index (χ2n) is 4.83. The molecule has 0 bridgehead atoms. The second-order valence-corrected chi connectivity index (χ2v) is 10.3. The molecule has 76 valence electrons. The van der Waals surface area contributed by atoms with Gasteiger partial charge in [0.1, 0.15) is 0 Å². The molecule has 14 heavy (non-hydrogen) atoms. The van der Waals surface area contributed by atoms with Crippen LogP contribution in [0.5, 0.6) is 0 Å². The highest BCUT2D eigenvalue weighted by Crippen LogP contribution is 2.04. The molecule has 0 aliphatic rings. The normalized spacial score (nSPS) is 13.0. The van der Waals surface area contributed by atoms with Gasteiger partial charge in [-0.3, -0.25) is 4.99 Å². The Kier molecular flexibility index (Phi) is 3.64. The van der Waals surface area contributed by atoms with Crippen LogP contribution in [0.15, 0.2) is 35.3 Å². The minimum atomic E-state index is -1.04. The Bertz CT molecular complexity index is 309. The van der Waals surface area contributed by atoms with Gasteiger partial charge < -0.3 is 0 Å². The van der Waals surface area contributed by atoms with Gasteiger partial charge in [-0.1, -0.05) is 50.0 Å². The van der Waals surface area contributed by atoms with Crippen molar-refractivity contribution >= 4 is 13.8 Å². The Labute approximate surface area is 87.9 Å². The third-order valence-electron chi connectivity index (χ3n) is 1.98. The molecule has 0 saturated carbocycles. The zero-order chi connectivity index (χ0) is 10.6. The summed E-state index contributed by atoms with van der Waals surface area (Å²) in [5.74, 6) is 0. The molecular weight excluding hydrogens is 186 g/mol. The molecule has 0 N–H and O–H groups in total. The Morgan fingerprint density at radius 3 is 2.21 bits per heavy atom. The predicted molar refractivity (Wildman–Crippen MR) is 66.9 cm³/mol. The minimum Gasteiger partial charge on any atom is -0.293 e. The van der Waals surface area contributed by atoms with Gasteiger partial charge in [-0.05, 0) is 12.5 Å². The fourth-order valence-electron chi connectivity index (χ4n) is 1.13. The highest BCUT2D eigenvalue weighted by Gasteiger charge is 2.11. The smallest absolute Gasteiger partial charge is 0.0692 e. The summed E-state index contributed by atoms with van der Waals surface area (Å²) >= 11 is 0. The van der Waals surface area contributed by atoms with Crippen LogP contribution >= 0.6 is 0 Å². The topological polar surface area (TPSA) is 12.4 Å². The van der Waals surface area contributed by atoms with Crippen molar-refractivity contribution in [3.63, 3.8) is 0 Å². The molecule has 2 heteroatoms. The van der Waals surface area contributed by atoms with E-state index in [1.54, 1.807) is 0 Å². The molecule has 1 aromatic carbocycles. The van der Waals surface area contributed by atoms with Crippen LogP contribution in [0, 0.1) is 0 Å². The molecule has 0 saturated heterocycles. The molecule has 1 aromatic rings. The van der Waals surface area contributed by atoms with Gasteiger partial charge in [0.2, 0.25) is 0 Å². The van der Waals surface area contributed by atoms with Crippen LogP contribution < -0.4 is 0 Å². The molecule has 0 aliphatic heterocycles. The van der Waals surface area contributed by atoms with E-state index in [9.17, 15) is 0 Å². The Balaban J connectivity index is 2.71. The van der Waals surface area contributed by atoms with Crippen molar-refractivity contribution in [2.24, 2.45) is 4.99 Å². The molecular formula is C12H19NSi. The highest BCUT2D eigenvalue weighted by molar-refractivity contribution is 6.76. The highest BCUT2D eigenvalue weighted by atomic mass is 28.3. The molecule has 0 radical (unpaired) electrons. The number of benzene rings is 1. The third kappa shape index (κ3) is 3.88. The van der Waals surface area contributed by atoms with Crippen LogP contribution in [0.4, 0.5) is 0 Å². The molecule has 0 heterocycles.